The maximum Gasteiger partial charge on any atom is 0.314 e. The molecule has 96 valence electrons. The fraction of sp³-hybridized carbons (Fsp3) is 0.214. The summed E-state index contributed by atoms with van der Waals surface area (Å²) in [5.41, 5.74) is 1.84. The van der Waals surface area contributed by atoms with Gasteiger partial charge in [0, 0.05) is 31.2 Å². The van der Waals surface area contributed by atoms with Crippen LogP contribution >= 0.6 is 0 Å². The fourth-order valence-corrected chi connectivity index (χ4v) is 1.89. The number of ether oxygens (including phenoxy) is 1. The summed E-state index contributed by atoms with van der Waals surface area (Å²) >= 11 is 0. The van der Waals surface area contributed by atoms with Gasteiger partial charge in [0.25, 0.3) is 0 Å². The summed E-state index contributed by atoms with van der Waals surface area (Å²) in [7, 11) is 1.94. The van der Waals surface area contributed by atoms with Gasteiger partial charge in [-0.1, -0.05) is 12.1 Å². The topological polar surface area (TPSA) is 51.8 Å². The number of amidine groups is 1. The minimum atomic E-state index is -0.0820. The Bertz CT molecular complexity index is 660. The number of aromatic nitrogens is 2. The fourth-order valence-electron chi connectivity index (χ4n) is 1.89. The summed E-state index contributed by atoms with van der Waals surface area (Å²) in [4.78, 5) is 12.8. The van der Waals surface area contributed by atoms with E-state index in [4.69, 9.17) is 4.74 Å². The lowest BCUT2D eigenvalue weighted by Crippen LogP contribution is -2.18. The Balaban J connectivity index is 1.80. The average Bonchev–Trinajstić information content (AvgIpc) is 2.91. The van der Waals surface area contributed by atoms with E-state index in [1.165, 1.54) is 0 Å². The third-order valence-corrected chi connectivity index (χ3v) is 2.93. The highest BCUT2D eigenvalue weighted by Gasteiger charge is 2.21. The molecule has 3 rings (SSSR count). The van der Waals surface area contributed by atoms with Crippen LogP contribution in [0.4, 0.5) is 0 Å². The van der Waals surface area contributed by atoms with Crippen LogP contribution in [0.3, 0.4) is 0 Å². The van der Waals surface area contributed by atoms with E-state index in [0.29, 0.717) is 12.6 Å². The van der Waals surface area contributed by atoms with Gasteiger partial charge >= 0.3 is 6.02 Å². The minimum Gasteiger partial charge on any atom is -0.453 e. The molecule has 1 aliphatic rings. The van der Waals surface area contributed by atoms with Gasteiger partial charge in [0.15, 0.2) is 0 Å². The lowest BCUT2D eigenvalue weighted by atomic mass is 10.2. The lowest BCUT2D eigenvalue weighted by molar-refractivity contribution is 0.225. The molecule has 0 aliphatic carbocycles. The molecule has 5 heteroatoms. The van der Waals surface area contributed by atoms with Crippen LogP contribution in [0.15, 0.2) is 58.9 Å². The van der Waals surface area contributed by atoms with E-state index >= 15 is 0 Å². The van der Waals surface area contributed by atoms with Crippen LogP contribution in [0.1, 0.15) is 11.7 Å². The quantitative estimate of drug-likeness (QED) is 0.773. The molecule has 2 aromatic rings. The molecule has 0 saturated carbocycles. The van der Waals surface area contributed by atoms with Crippen molar-refractivity contribution < 1.29 is 4.74 Å². The summed E-state index contributed by atoms with van der Waals surface area (Å²) < 4.78 is 7.66. The van der Waals surface area contributed by atoms with Crippen LogP contribution in [0.25, 0.3) is 0 Å². The first kappa shape index (κ1) is 11.6. The normalized spacial score (nSPS) is 19.1. The molecule has 0 spiro atoms. The molecule has 0 aromatic carbocycles. The molecule has 0 amide bonds. The molecule has 0 bridgehead atoms. The number of hydrogen-bond donors (Lipinski definition) is 0. The van der Waals surface area contributed by atoms with Crippen molar-refractivity contribution in [3.63, 3.8) is 0 Å². The molecule has 0 saturated heterocycles. The van der Waals surface area contributed by atoms with E-state index in [0.717, 1.165) is 11.1 Å². The van der Waals surface area contributed by atoms with Crippen molar-refractivity contribution in [3.05, 3.63) is 60.0 Å². The molecular formula is C14H14N4O. The summed E-state index contributed by atoms with van der Waals surface area (Å²) in [6, 6.07) is 10.1. The van der Waals surface area contributed by atoms with Gasteiger partial charge in [-0.25, -0.2) is 4.99 Å². The van der Waals surface area contributed by atoms with Crippen molar-refractivity contribution in [2.45, 2.75) is 6.10 Å². The predicted octanol–water partition coefficient (Wildman–Crippen LogP) is 1.45. The molecule has 2 aromatic heterocycles. The Morgan fingerprint density at radius 2 is 2.26 bits per heavy atom. The number of rotatable bonds is 1. The van der Waals surface area contributed by atoms with Crippen LogP contribution in [0.2, 0.25) is 0 Å². The van der Waals surface area contributed by atoms with Gasteiger partial charge < -0.3 is 9.30 Å². The maximum atomic E-state index is 5.74. The summed E-state index contributed by atoms with van der Waals surface area (Å²) in [6.45, 7) is 0.584. The number of hydrogen-bond acceptors (Lipinski definition) is 4. The van der Waals surface area contributed by atoms with Crippen LogP contribution < -0.4 is 5.49 Å². The highest BCUT2D eigenvalue weighted by Crippen LogP contribution is 2.21. The van der Waals surface area contributed by atoms with Crippen molar-refractivity contribution in [3.8, 4) is 0 Å². The summed E-state index contributed by atoms with van der Waals surface area (Å²) in [6.07, 6.45) is 5.40. The second kappa shape index (κ2) is 5.06. The third-order valence-electron chi connectivity index (χ3n) is 2.93. The first-order valence-corrected chi connectivity index (χ1v) is 6.10. The first-order valence-electron chi connectivity index (χ1n) is 6.10. The molecular weight excluding hydrogens is 240 g/mol. The predicted molar refractivity (Wildman–Crippen MR) is 71.3 cm³/mol. The SMILES string of the molecule is Cn1cccc/c1=N\C1=NCC(c2cccnc2)O1. The number of pyridine rings is 2. The zero-order valence-corrected chi connectivity index (χ0v) is 10.6. The molecule has 1 aliphatic heterocycles. The number of aliphatic imine (C=N–C) groups is 1. The monoisotopic (exact) mass is 254 g/mol. The van der Waals surface area contributed by atoms with Gasteiger partial charge in [0.1, 0.15) is 11.6 Å². The van der Waals surface area contributed by atoms with E-state index in [1.54, 1.807) is 12.4 Å². The Morgan fingerprint density at radius 1 is 1.32 bits per heavy atom. The average molecular weight is 254 g/mol. The van der Waals surface area contributed by atoms with Crippen molar-refractivity contribution in [1.82, 2.24) is 9.55 Å². The van der Waals surface area contributed by atoms with E-state index in [1.807, 2.05) is 48.1 Å². The van der Waals surface area contributed by atoms with E-state index in [2.05, 4.69) is 15.0 Å². The van der Waals surface area contributed by atoms with Crippen LogP contribution in [-0.4, -0.2) is 22.1 Å². The zero-order valence-electron chi connectivity index (χ0n) is 10.6. The highest BCUT2D eigenvalue weighted by atomic mass is 16.5. The van der Waals surface area contributed by atoms with Gasteiger partial charge in [-0.15, -0.1) is 0 Å². The third kappa shape index (κ3) is 2.54. The van der Waals surface area contributed by atoms with Crippen molar-refractivity contribution in [1.29, 1.82) is 0 Å². The van der Waals surface area contributed by atoms with E-state index in [9.17, 15) is 0 Å². The molecule has 3 heterocycles. The van der Waals surface area contributed by atoms with Crippen LogP contribution in [0.5, 0.6) is 0 Å². The highest BCUT2D eigenvalue weighted by molar-refractivity contribution is 5.76. The second-order valence-corrected chi connectivity index (χ2v) is 4.30. The zero-order chi connectivity index (χ0) is 13.1. The molecule has 0 N–H and O–H groups in total. The molecule has 1 atom stereocenters. The first-order chi connectivity index (χ1) is 9.33. The van der Waals surface area contributed by atoms with Crippen molar-refractivity contribution >= 4 is 6.02 Å². The van der Waals surface area contributed by atoms with Gasteiger partial charge in [0.05, 0.1) is 6.54 Å². The van der Waals surface area contributed by atoms with Crippen LogP contribution in [-0.2, 0) is 11.8 Å². The molecule has 0 radical (unpaired) electrons. The second-order valence-electron chi connectivity index (χ2n) is 4.30. The van der Waals surface area contributed by atoms with Crippen molar-refractivity contribution in [2.24, 2.45) is 17.0 Å². The standard InChI is InChI=1S/C14H14N4O/c1-18-8-3-2-6-13(18)17-14-16-10-12(19-14)11-5-4-7-15-9-11/h2-9,12H,10H2,1H3/b17-13+. The van der Waals surface area contributed by atoms with Crippen molar-refractivity contribution in [2.75, 3.05) is 6.54 Å². The largest absolute Gasteiger partial charge is 0.453 e. The lowest BCUT2D eigenvalue weighted by Gasteiger charge is -2.08. The smallest absolute Gasteiger partial charge is 0.314 e. The van der Waals surface area contributed by atoms with Gasteiger partial charge in [0.2, 0.25) is 0 Å². The van der Waals surface area contributed by atoms with E-state index < -0.39 is 0 Å². The molecule has 0 fully saturated rings. The minimum absolute atomic E-state index is 0.0820. The van der Waals surface area contributed by atoms with Crippen LogP contribution in [0, 0.1) is 0 Å². The summed E-state index contributed by atoms with van der Waals surface area (Å²) in [5.74, 6) is 0. The Hall–Kier alpha value is -2.43. The Kier molecular flexibility index (Phi) is 3.10. The Labute approximate surface area is 110 Å². The van der Waals surface area contributed by atoms with Gasteiger partial charge in [-0.05, 0) is 18.2 Å². The molecule has 5 nitrogen and oxygen atoms in total. The van der Waals surface area contributed by atoms with Gasteiger partial charge in [-0.2, -0.15) is 4.99 Å². The Morgan fingerprint density at radius 3 is 3.05 bits per heavy atom. The van der Waals surface area contributed by atoms with E-state index in [-0.39, 0.29) is 6.10 Å². The molecule has 1 unspecified atom stereocenters. The summed E-state index contributed by atoms with van der Waals surface area (Å²) in [5, 5.41) is 0. The number of nitrogens with zero attached hydrogens (tertiary/aromatic N) is 4. The molecule has 19 heavy (non-hydrogen) atoms. The maximum absolute atomic E-state index is 5.74. The van der Waals surface area contributed by atoms with Gasteiger partial charge in [-0.3, -0.25) is 4.98 Å². The number of aryl methyl sites for hydroxylation is 1.